The second kappa shape index (κ2) is 9.43. The van der Waals surface area contributed by atoms with E-state index in [0.717, 1.165) is 4.90 Å². The van der Waals surface area contributed by atoms with Crippen LogP contribution in [0.3, 0.4) is 0 Å². The summed E-state index contributed by atoms with van der Waals surface area (Å²) in [5.41, 5.74) is 0.795. The third-order valence-electron chi connectivity index (χ3n) is 6.79. The van der Waals surface area contributed by atoms with Gasteiger partial charge in [-0.3, -0.25) is 9.59 Å². The summed E-state index contributed by atoms with van der Waals surface area (Å²) in [6.45, 7) is 1.75. The van der Waals surface area contributed by atoms with Crippen LogP contribution in [0.1, 0.15) is 42.0 Å². The van der Waals surface area contributed by atoms with Crippen molar-refractivity contribution in [2.45, 2.75) is 30.7 Å². The van der Waals surface area contributed by atoms with Gasteiger partial charge >= 0.3 is 6.09 Å². The van der Waals surface area contributed by atoms with Crippen molar-refractivity contribution in [1.29, 1.82) is 0 Å². The summed E-state index contributed by atoms with van der Waals surface area (Å²) in [7, 11) is 0. The number of amides is 3. The Bertz CT molecular complexity index is 1340. The van der Waals surface area contributed by atoms with Gasteiger partial charge in [0.25, 0.3) is 0 Å². The van der Waals surface area contributed by atoms with Gasteiger partial charge in [-0.1, -0.05) is 65.1 Å². The van der Waals surface area contributed by atoms with E-state index < -0.39 is 29.4 Å². The fraction of sp³-hybridized carbons (Fsp3) is 0.222. The highest BCUT2D eigenvalue weighted by Gasteiger charge is 2.64. The molecule has 3 aromatic carbocycles. The topological polar surface area (TPSA) is 75.7 Å². The zero-order valence-corrected chi connectivity index (χ0v) is 21.4. The van der Waals surface area contributed by atoms with Gasteiger partial charge in [-0.25, -0.2) is 9.69 Å². The van der Waals surface area contributed by atoms with Crippen molar-refractivity contribution in [3.8, 4) is 0 Å². The van der Waals surface area contributed by atoms with Crippen LogP contribution in [0.2, 0.25) is 15.1 Å². The molecule has 2 heterocycles. The molecule has 3 amide bonds. The van der Waals surface area contributed by atoms with E-state index in [9.17, 15) is 14.4 Å². The number of carbonyl (C=O) groups is 3. The van der Waals surface area contributed by atoms with Gasteiger partial charge in [-0.05, 0) is 60.0 Å². The maximum absolute atomic E-state index is 14.6. The van der Waals surface area contributed by atoms with E-state index in [1.807, 2.05) is 6.07 Å². The van der Waals surface area contributed by atoms with Crippen LogP contribution in [0.5, 0.6) is 0 Å². The van der Waals surface area contributed by atoms with Crippen LogP contribution in [0.25, 0.3) is 0 Å². The first kappa shape index (κ1) is 24.6. The average Bonchev–Trinajstić information content (AvgIpc) is 3.08. The molecule has 36 heavy (non-hydrogen) atoms. The number of benzene rings is 3. The van der Waals surface area contributed by atoms with Crippen LogP contribution in [0, 0.1) is 0 Å². The van der Waals surface area contributed by atoms with Crippen LogP contribution in [-0.4, -0.2) is 24.5 Å². The quantitative estimate of drug-likeness (QED) is 0.413. The lowest BCUT2D eigenvalue weighted by atomic mass is 9.59. The standard InChI is InChI=1S/C27H21Cl3N2O4/c1-2-36-26(35)32-22-13-19(30)9-10-20(22)27(25(32)34)21(15-5-3-7-17(28)11-15)14-23(33)31-24(27)16-6-4-8-18(29)12-16/h3-13,21,24H,2,14H2,1H3,(H,31,33)/t21-,24?,27?/m0/s1. The van der Waals surface area contributed by atoms with Gasteiger partial charge < -0.3 is 10.1 Å². The number of hydrogen-bond acceptors (Lipinski definition) is 4. The minimum atomic E-state index is -1.41. The van der Waals surface area contributed by atoms with Crippen molar-refractivity contribution in [3.63, 3.8) is 0 Å². The zero-order valence-electron chi connectivity index (χ0n) is 19.1. The highest BCUT2D eigenvalue weighted by atomic mass is 35.5. The van der Waals surface area contributed by atoms with Crippen molar-refractivity contribution < 1.29 is 19.1 Å². The Labute approximate surface area is 223 Å². The molecule has 9 heteroatoms. The summed E-state index contributed by atoms with van der Waals surface area (Å²) in [4.78, 5) is 41.8. The Hall–Kier alpha value is -3.06. The molecule has 2 unspecified atom stereocenters. The van der Waals surface area contributed by atoms with Crippen molar-refractivity contribution in [2.24, 2.45) is 0 Å². The minimum absolute atomic E-state index is 0.00186. The molecule has 0 aliphatic carbocycles. The molecule has 2 aliphatic rings. The van der Waals surface area contributed by atoms with E-state index in [0.29, 0.717) is 37.4 Å². The Morgan fingerprint density at radius 1 is 0.972 bits per heavy atom. The van der Waals surface area contributed by atoms with E-state index >= 15 is 0 Å². The fourth-order valence-corrected chi connectivity index (χ4v) is 6.02. The maximum atomic E-state index is 14.6. The number of hydrogen-bond donors (Lipinski definition) is 1. The summed E-state index contributed by atoms with van der Waals surface area (Å²) in [5.74, 6) is -1.41. The molecule has 6 nitrogen and oxygen atoms in total. The van der Waals surface area contributed by atoms with Gasteiger partial charge in [0.1, 0.15) is 5.41 Å². The predicted molar refractivity (Wildman–Crippen MR) is 139 cm³/mol. The molecule has 0 radical (unpaired) electrons. The monoisotopic (exact) mass is 542 g/mol. The number of nitrogens with zero attached hydrogens (tertiary/aromatic N) is 1. The summed E-state index contributed by atoms with van der Waals surface area (Å²) in [6.07, 6.45) is -0.809. The van der Waals surface area contributed by atoms with E-state index in [1.165, 1.54) is 0 Å². The van der Waals surface area contributed by atoms with Crippen molar-refractivity contribution >= 4 is 58.4 Å². The Morgan fingerprint density at radius 2 is 1.61 bits per heavy atom. The van der Waals surface area contributed by atoms with E-state index in [-0.39, 0.29) is 18.9 Å². The third-order valence-corrected chi connectivity index (χ3v) is 7.49. The van der Waals surface area contributed by atoms with Gasteiger partial charge in [0, 0.05) is 27.4 Å². The number of piperidine rings is 1. The molecular weight excluding hydrogens is 523 g/mol. The SMILES string of the molecule is CCOC(=O)N1C(=O)C2(c3ccc(Cl)cc31)C(c1cccc(Cl)c1)NC(=O)C[C@H]2c1cccc(Cl)c1. The first-order valence-electron chi connectivity index (χ1n) is 11.4. The van der Waals surface area contributed by atoms with Crippen molar-refractivity contribution in [1.82, 2.24) is 5.32 Å². The Balaban J connectivity index is 1.84. The summed E-state index contributed by atoms with van der Waals surface area (Å²) in [6, 6.07) is 18.2. The molecule has 0 aromatic heterocycles. The van der Waals surface area contributed by atoms with Crippen molar-refractivity contribution in [3.05, 3.63) is 98.5 Å². The molecule has 5 rings (SSSR count). The normalized spacial score (nSPS) is 22.9. The average molecular weight is 544 g/mol. The first-order valence-corrected chi connectivity index (χ1v) is 12.5. The molecule has 1 spiro atoms. The zero-order chi connectivity index (χ0) is 25.6. The van der Waals surface area contributed by atoms with E-state index in [1.54, 1.807) is 67.6 Å². The van der Waals surface area contributed by atoms with Crippen LogP contribution in [-0.2, 0) is 19.7 Å². The second-order valence-corrected chi connectivity index (χ2v) is 10.0. The molecule has 1 saturated heterocycles. The number of halogens is 3. The molecule has 3 atom stereocenters. The van der Waals surface area contributed by atoms with Gasteiger partial charge in [0.15, 0.2) is 0 Å². The molecule has 1 fully saturated rings. The third kappa shape index (κ3) is 3.84. The first-order chi connectivity index (χ1) is 17.3. The molecular formula is C27H21Cl3N2O4. The molecule has 1 N–H and O–H groups in total. The van der Waals surface area contributed by atoms with Crippen LogP contribution >= 0.6 is 34.8 Å². The highest BCUT2D eigenvalue weighted by molar-refractivity contribution is 6.32. The van der Waals surface area contributed by atoms with Gasteiger partial charge in [0.2, 0.25) is 11.8 Å². The largest absolute Gasteiger partial charge is 0.449 e. The lowest BCUT2D eigenvalue weighted by molar-refractivity contribution is -0.132. The number of anilines is 1. The van der Waals surface area contributed by atoms with Crippen LogP contribution in [0.15, 0.2) is 66.7 Å². The number of fused-ring (bicyclic) bond motifs is 2. The lowest BCUT2D eigenvalue weighted by Gasteiger charge is -2.46. The predicted octanol–water partition coefficient (Wildman–Crippen LogP) is 6.43. The van der Waals surface area contributed by atoms with Gasteiger partial charge in [-0.2, -0.15) is 0 Å². The number of carbonyl (C=O) groups excluding carboxylic acids is 3. The maximum Gasteiger partial charge on any atom is 0.421 e. The van der Waals surface area contributed by atoms with Gasteiger partial charge in [-0.15, -0.1) is 0 Å². The van der Waals surface area contributed by atoms with E-state index in [4.69, 9.17) is 39.5 Å². The van der Waals surface area contributed by atoms with Gasteiger partial charge in [0.05, 0.1) is 18.3 Å². The Kier molecular flexibility index (Phi) is 6.45. The highest BCUT2D eigenvalue weighted by Crippen LogP contribution is 2.59. The summed E-state index contributed by atoms with van der Waals surface area (Å²) < 4.78 is 5.26. The fourth-order valence-electron chi connectivity index (χ4n) is 5.45. The molecule has 184 valence electrons. The number of rotatable bonds is 3. The number of imide groups is 1. The smallest absolute Gasteiger partial charge is 0.421 e. The number of ether oxygens (including phenoxy) is 1. The lowest BCUT2D eigenvalue weighted by Crippen LogP contribution is -2.58. The summed E-state index contributed by atoms with van der Waals surface area (Å²) >= 11 is 19.0. The Morgan fingerprint density at radius 3 is 2.28 bits per heavy atom. The molecule has 0 bridgehead atoms. The minimum Gasteiger partial charge on any atom is -0.449 e. The second-order valence-electron chi connectivity index (χ2n) is 8.74. The summed E-state index contributed by atoms with van der Waals surface area (Å²) in [5, 5.41) is 4.29. The van der Waals surface area contributed by atoms with Crippen molar-refractivity contribution in [2.75, 3.05) is 11.5 Å². The molecule has 3 aromatic rings. The van der Waals surface area contributed by atoms with Crippen LogP contribution < -0.4 is 10.2 Å². The van der Waals surface area contributed by atoms with Crippen LogP contribution in [0.4, 0.5) is 10.5 Å². The number of nitrogens with one attached hydrogen (secondary N) is 1. The van der Waals surface area contributed by atoms with E-state index in [2.05, 4.69) is 5.32 Å². The molecule has 2 aliphatic heterocycles. The molecule has 0 saturated carbocycles.